The average Bonchev–Trinajstić information content (AvgIpc) is 3.35. The Morgan fingerprint density at radius 2 is 1.56 bits per heavy atom. The number of hydrogen-bond donors (Lipinski definition) is 8. The zero-order valence-electron chi connectivity index (χ0n) is 22.5. The molecule has 2 aromatic carbocycles. The normalized spacial score (nSPS) is 13.0. The van der Waals surface area contributed by atoms with E-state index in [2.05, 4.69) is 25.9 Å². The summed E-state index contributed by atoms with van der Waals surface area (Å²) in [5.74, 6) is -3.20. The summed E-state index contributed by atoms with van der Waals surface area (Å²) in [7, 11) is 0. The quantitative estimate of drug-likeness (QED) is 0.0680. The lowest BCUT2D eigenvalue weighted by Crippen LogP contribution is -2.57. The second-order valence-corrected chi connectivity index (χ2v) is 9.54. The highest BCUT2D eigenvalue weighted by atomic mass is 16.4. The molecule has 3 aromatic rings. The molecule has 3 rings (SSSR count). The monoisotopic (exact) mass is 564 g/mol. The van der Waals surface area contributed by atoms with Gasteiger partial charge in [0.1, 0.15) is 18.6 Å². The number of hydrogen-bond acceptors (Lipinski definition) is 6. The van der Waals surface area contributed by atoms with Crippen molar-refractivity contribution in [1.29, 1.82) is 0 Å². The highest BCUT2D eigenvalue weighted by Gasteiger charge is 2.28. The number of aromatic amines is 1. The number of rotatable bonds is 15. The van der Waals surface area contributed by atoms with E-state index in [1.807, 2.05) is 42.5 Å². The van der Waals surface area contributed by atoms with E-state index in [-0.39, 0.29) is 31.8 Å². The molecule has 3 unspecified atom stereocenters. The number of H-pyrrole nitrogens is 1. The first-order valence-corrected chi connectivity index (χ1v) is 13.1. The van der Waals surface area contributed by atoms with Gasteiger partial charge in [-0.15, -0.1) is 0 Å². The van der Waals surface area contributed by atoms with Crippen LogP contribution in [0.4, 0.5) is 0 Å². The lowest BCUT2D eigenvalue weighted by Gasteiger charge is -2.24. The lowest BCUT2D eigenvalue weighted by atomic mass is 10.0. The molecule has 0 bridgehead atoms. The number of guanidine groups is 1. The zero-order valence-corrected chi connectivity index (χ0v) is 22.5. The Balaban J connectivity index is 1.74. The summed E-state index contributed by atoms with van der Waals surface area (Å²) in [4.78, 5) is 57.3. The van der Waals surface area contributed by atoms with Crippen LogP contribution >= 0.6 is 0 Å². The minimum absolute atomic E-state index is 0.115. The van der Waals surface area contributed by atoms with Crippen molar-refractivity contribution in [3.05, 3.63) is 71.9 Å². The Morgan fingerprint density at radius 1 is 0.878 bits per heavy atom. The summed E-state index contributed by atoms with van der Waals surface area (Å²) in [6.45, 7) is -0.417. The van der Waals surface area contributed by atoms with Crippen LogP contribution in [-0.2, 0) is 32.0 Å². The molecular formula is C28H36N8O5. The summed E-state index contributed by atoms with van der Waals surface area (Å²) in [5, 5.41) is 17.6. The molecule has 0 aliphatic heterocycles. The number of aromatic nitrogens is 1. The van der Waals surface area contributed by atoms with Crippen LogP contribution in [0.2, 0.25) is 0 Å². The first-order valence-electron chi connectivity index (χ1n) is 13.1. The summed E-state index contributed by atoms with van der Waals surface area (Å²) < 4.78 is 0. The number of nitrogens with one attached hydrogen (secondary N) is 4. The van der Waals surface area contributed by atoms with Crippen LogP contribution in [0.25, 0.3) is 10.9 Å². The minimum atomic E-state index is -1.23. The van der Waals surface area contributed by atoms with E-state index in [1.165, 1.54) is 0 Å². The molecular weight excluding hydrogens is 528 g/mol. The fourth-order valence-electron chi connectivity index (χ4n) is 4.30. The van der Waals surface area contributed by atoms with Crippen LogP contribution in [0, 0.1) is 0 Å². The number of aliphatic imine (C=N–C) groups is 1. The van der Waals surface area contributed by atoms with E-state index in [4.69, 9.17) is 22.3 Å². The minimum Gasteiger partial charge on any atom is -0.480 e. The Kier molecular flexibility index (Phi) is 11.2. The van der Waals surface area contributed by atoms with E-state index >= 15 is 0 Å². The van der Waals surface area contributed by atoms with Crippen LogP contribution in [0.15, 0.2) is 65.8 Å². The Bertz CT molecular complexity index is 1370. The van der Waals surface area contributed by atoms with Gasteiger partial charge in [0.2, 0.25) is 17.7 Å². The lowest BCUT2D eigenvalue weighted by molar-refractivity contribution is -0.138. The van der Waals surface area contributed by atoms with E-state index in [1.54, 1.807) is 18.3 Å². The van der Waals surface area contributed by atoms with Gasteiger partial charge in [-0.1, -0.05) is 48.5 Å². The molecule has 0 saturated heterocycles. The number of nitrogens with two attached hydrogens (primary N) is 3. The fraction of sp³-hybridized carbons (Fsp3) is 0.321. The number of benzene rings is 2. The summed E-state index contributed by atoms with van der Waals surface area (Å²) in [6.07, 6.45) is 2.62. The molecule has 3 atom stereocenters. The number of carboxylic acid groups (broad SMARTS) is 1. The number of fused-ring (bicyclic) bond motifs is 1. The van der Waals surface area contributed by atoms with Crippen molar-refractivity contribution in [2.75, 3.05) is 13.1 Å². The topological polar surface area (TPSA) is 231 Å². The number of carboxylic acids is 1. The molecule has 13 nitrogen and oxygen atoms in total. The van der Waals surface area contributed by atoms with Gasteiger partial charge in [-0.3, -0.25) is 24.2 Å². The van der Waals surface area contributed by atoms with Gasteiger partial charge in [-0.25, -0.2) is 0 Å². The van der Waals surface area contributed by atoms with Crippen LogP contribution in [-0.4, -0.2) is 71.0 Å². The van der Waals surface area contributed by atoms with Crippen molar-refractivity contribution in [3.8, 4) is 0 Å². The zero-order chi connectivity index (χ0) is 29.8. The van der Waals surface area contributed by atoms with E-state index < -0.39 is 48.4 Å². The molecule has 0 fully saturated rings. The summed E-state index contributed by atoms with van der Waals surface area (Å²) in [6, 6.07) is 13.6. The molecule has 13 heteroatoms. The molecule has 3 amide bonds. The summed E-state index contributed by atoms with van der Waals surface area (Å²) in [5.41, 5.74) is 19.5. The smallest absolute Gasteiger partial charge is 0.322 e. The number of nitrogens with zero attached hydrogens (tertiary/aromatic N) is 1. The molecule has 0 radical (unpaired) electrons. The maximum atomic E-state index is 13.5. The largest absolute Gasteiger partial charge is 0.480 e. The molecule has 0 aliphatic carbocycles. The number of amides is 3. The highest BCUT2D eigenvalue weighted by molar-refractivity contribution is 5.94. The molecule has 0 aliphatic rings. The molecule has 1 aromatic heterocycles. The molecule has 218 valence electrons. The molecule has 1 heterocycles. The Hall–Kier alpha value is -4.91. The first kappa shape index (κ1) is 30.6. The van der Waals surface area contributed by atoms with E-state index in [0.717, 1.165) is 22.0 Å². The number of carbonyl (C=O) groups is 4. The van der Waals surface area contributed by atoms with Crippen LogP contribution in [0.5, 0.6) is 0 Å². The average molecular weight is 565 g/mol. The number of aliphatic carboxylic acids is 1. The molecule has 41 heavy (non-hydrogen) atoms. The van der Waals surface area contributed by atoms with E-state index in [9.17, 15) is 19.2 Å². The predicted molar refractivity (Wildman–Crippen MR) is 155 cm³/mol. The second-order valence-electron chi connectivity index (χ2n) is 9.54. The number of carbonyl (C=O) groups excluding carboxylic acids is 3. The predicted octanol–water partition coefficient (Wildman–Crippen LogP) is -0.496. The van der Waals surface area contributed by atoms with Gasteiger partial charge in [0.15, 0.2) is 5.96 Å². The van der Waals surface area contributed by atoms with Crippen molar-refractivity contribution in [3.63, 3.8) is 0 Å². The maximum Gasteiger partial charge on any atom is 0.322 e. The fourth-order valence-corrected chi connectivity index (χ4v) is 4.30. The standard InChI is InChI=1S/C28H36N8O5/c29-20(14-18-15-33-21-10-5-4-9-19(18)21)25(39)36-23(13-17-7-2-1-3-8-17)27(41)35-22(11-6-12-32-28(30)31)26(40)34-16-24(37)38/h1-5,7-10,15,20,22-23,33H,6,11-14,16,29H2,(H,34,40)(H,35,41)(H,36,39)(H,37,38)(H4,30,31,32). The van der Waals surface area contributed by atoms with Crippen molar-refractivity contribution in [2.24, 2.45) is 22.2 Å². The SMILES string of the molecule is NC(N)=NCCCC(NC(=O)C(Cc1ccccc1)NC(=O)C(N)Cc1c[nH]c2ccccc12)C(=O)NCC(=O)O. The maximum absolute atomic E-state index is 13.5. The van der Waals surface area contributed by atoms with Gasteiger partial charge in [0.25, 0.3) is 0 Å². The third-order valence-corrected chi connectivity index (χ3v) is 6.36. The van der Waals surface area contributed by atoms with Crippen LogP contribution in [0.3, 0.4) is 0 Å². The Labute approximate surface area is 236 Å². The highest BCUT2D eigenvalue weighted by Crippen LogP contribution is 2.19. The third-order valence-electron chi connectivity index (χ3n) is 6.36. The molecule has 0 spiro atoms. The van der Waals surface area contributed by atoms with Crippen molar-refractivity contribution in [2.45, 2.75) is 43.8 Å². The molecule has 0 saturated carbocycles. The van der Waals surface area contributed by atoms with Gasteiger partial charge in [0, 0.05) is 30.1 Å². The first-order chi connectivity index (χ1) is 19.6. The van der Waals surface area contributed by atoms with Crippen molar-refractivity contribution >= 4 is 40.6 Å². The van der Waals surface area contributed by atoms with Gasteiger partial charge in [-0.2, -0.15) is 0 Å². The van der Waals surface area contributed by atoms with Crippen LogP contribution < -0.4 is 33.2 Å². The van der Waals surface area contributed by atoms with Gasteiger partial charge in [-0.05, 0) is 36.5 Å². The van der Waals surface area contributed by atoms with E-state index in [0.29, 0.717) is 6.42 Å². The number of para-hydroxylation sites is 1. The van der Waals surface area contributed by atoms with Crippen LogP contribution in [0.1, 0.15) is 24.0 Å². The van der Waals surface area contributed by atoms with Crippen molar-refractivity contribution < 1.29 is 24.3 Å². The molecule has 11 N–H and O–H groups in total. The van der Waals surface area contributed by atoms with Gasteiger partial charge in [0.05, 0.1) is 6.04 Å². The Morgan fingerprint density at radius 3 is 2.27 bits per heavy atom. The van der Waals surface area contributed by atoms with Gasteiger partial charge >= 0.3 is 5.97 Å². The third kappa shape index (κ3) is 9.65. The second kappa shape index (κ2) is 15.0. The summed E-state index contributed by atoms with van der Waals surface area (Å²) >= 11 is 0. The van der Waals surface area contributed by atoms with Crippen molar-refractivity contribution in [1.82, 2.24) is 20.9 Å². The van der Waals surface area contributed by atoms with Gasteiger partial charge < -0.3 is 43.2 Å².